The van der Waals surface area contributed by atoms with E-state index in [9.17, 15) is 14.4 Å². The number of carbonyl (C=O) groups is 3. The maximum Gasteiger partial charge on any atom is 0.350 e. The van der Waals surface area contributed by atoms with Gasteiger partial charge in [0, 0.05) is 41.3 Å². The summed E-state index contributed by atoms with van der Waals surface area (Å²) in [5.41, 5.74) is 0.706. The summed E-state index contributed by atoms with van der Waals surface area (Å²) in [5, 5.41) is 3.14. The van der Waals surface area contributed by atoms with Crippen molar-refractivity contribution in [3.05, 3.63) is 74.9 Å². The highest BCUT2D eigenvalue weighted by atomic mass is 79.9. The van der Waals surface area contributed by atoms with Gasteiger partial charge < -0.3 is 14.8 Å². The Kier molecular flexibility index (Phi) is 5.58. The summed E-state index contributed by atoms with van der Waals surface area (Å²) in [7, 11) is 0. The highest BCUT2D eigenvalue weighted by molar-refractivity contribution is 9.10. The highest BCUT2D eigenvalue weighted by Gasteiger charge is 2.39. The van der Waals surface area contributed by atoms with Crippen molar-refractivity contribution in [1.29, 1.82) is 0 Å². The second-order valence-electron chi connectivity index (χ2n) is 6.38. The van der Waals surface area contributed by atoms with Crippen LogP contribution in [0.25, 0.3) is 0 Å². The number of hydrogen-bond donors (Lipinski definition) is 1. The minimum absolute atomic E-state index is 0.303. The van der Waals surface area contributed by atoms with Gasteiger partial charge in [-0.15, -0.1) is 0 Å². The lowest BCUT2D eigenvalue weighted by Crippen LogP contribution is -2.42. The van der Waals surface area contributed by atoms with Crippen LogP contribution in [0.2, 0.25) is 5.02 Å². The van der Waals surface area contributed by atoms with Crippen molar-refractivity contribution in [1.82, 2.24) is 0 Å². The van der Waals surface area contributed by atoms with Crippen molar-refractivity contribution in [2.45, 2.75) is 19.6 Å². The Balaban J connectivity index is 1.94. The van der Waals surface area contributed by atoms with Crippen molar-refractivity contribution >= 4 is 50.9 Å². The third kappa shape index (κ3) is 4.26. The smallest absolute Gasteiger partial charge is 0.350 e. The molecule has 3 rings (SSSR count). The van der Waals surface area contributed by atoms with Gasteiger partial charge in [0.05, 0.1) is 5.02 Å². The van der Waals surface area contributed by atoms with E-state index >= 15 is 0 Å². The van der Waals surface area contributed by atoms with Gasteiger partial charge in [-0.3, -0.25) is 4.79 Å². The number of benzene rings is 2. The SMILES string of the molecule is CC1(C)OC(=O)C(=CNc2ccc(Br)cc2C(=O)c2ccccc2Cl)C(=O)O1. The number of cyclic esters (lactones) is 2. The number of anilines is 1. The number of esters is 2. The van der Waals surface area contributed by atoms with E-state index in [0.717, 1.165) is 6.20 Å². The Morgan fingerprint density at radius 1 is 1.07 bits per heavy atom. The first-order valence-corrected chi connectivity index (χ1v) is 9.37. The average molecular weight is 465 g/mol. The van der Waals surface area contributed by atoms with Crippen molar-refractivity contribution in [2.24, 2.45) is 0 Å². The molecule has 0 atom stereocenters. The monoisotopic (exact) mass is 463 g/mol. The fourth-order valence-corrected chi connectivity index (χ4v) is 3.13. The lowest BCUT2D eigenvalue weighted by molar-refractivity contribution is -0.222. The molecule has 0 aliphatic carbocycles. The number of ether oxygens (including phenoxy) is 2. The maximum atomic E-state index is 13.0. The zero-order valence-corrected chi connectivity index (χ0v) is 17.3. The van der Waals surface area contributed by atoms with Gasteiger partial charge in [-0.2, -0.15) is 0 Å². The van der Waals surface area contributed by atoms with Crippen LogP contribution in [0.3, 0.4) is 0 Å². The first-order chi connectivity index (χ1) is 13.2. The van der Waals surface area contributed by atoms with Crippen LogP contribution < -0.4 is 5.32 Å². The molecule has 144 valence electrons. The Hall–Kier alpha value is -2.64. The van der Waals surface area contributed by atoms with Crippen molar-refractivity contribution in [2.75, 3.05) is 5.32 Å². The van der Waals surface area contributed by atoms with E-state index in [1.54, 1.807) is 42.5 Å². The van der Waals surface area contributed by atoms with E-state index in [-0.39, 0.29) is 11.4 Å². The van der Waals surface area contributed by atoms with Gasteiger partial charge in [0.2, 0.25) is 0 Å². The van der Waals surface area contributed by atoms with E-state index < -0.39 is 17.7 Å². The Morgan fingerprint density at radius 2 is 1.71 bits per heavy atom. The molecule has 0 radical (unpaired) electrons. The number of ketones is 1. The molecule has 0 aromatic heterocycles. The van der Waals surface area contributed by atoms with Crippen LogP contribution >= 0.6 is 27.5 Å². The summed E-state index contributed by atoms with van der Waals surface area (Å²) in [5.74, 6) is -3.27. The molecule has 1 aliphatic heterocycles. The van der Waals surface area contributed by atoms with E-state index in [4.69, 9.17) is 21.1 Å². The lowest BCUT2D eigenvalue weighted by atomic mass is 10.0. The molecule has 2 aromatic carbocycles. The largest absolute Gasteiger partial charge is 0.419 e. The van der Waals surface area contributed by atoms with Crippen LogP contribution in [0.15, 0.2) is 58.7 Å². The predicted octanol–water partition coefficient (Wildman–Crippen LogP) is 4.47. The fraction of sp³-hybridized carbons (Fsp3) is 0.150. The number of nitrogens with one attached hydrogen (secondary N) is 1. The Bertz CT molecular complexity index is 993. The molecule has 2 aromatic rings. The minimum atomic E-state index is -1.33. The normalized spacial score (nSPS) is 15.5. The summed E-state index contributed by atoms with van der Waals surface area (Å²) in [6.07, 6.45) is 1.16. The van der Waals surface area contributed by atoms with Gasteiger partial charge in [-0.1, -0.05) is 39.7 Å². The van der Waals surface area contributed by atoms with E-state index in [1.807, 2.05) is 0 Å². The highest BCUT2D eigenvalue weighted by Crippen LogP contribution is 2.28. The standard InChI is InChI=1S/C20H15BrClNO5/c1-20(2)27-18(25)14(19(26)28-20)10-23-16-8-7-11(21)9-13(16)17(24)12-5-3-4-6-15(12)22/h3-10,23H,1-2H3. The third-order valence-corrected chi connectivity index (χ3v) is 4.66. The Labute approximate surface area is 174 Å². The van der Waals surface area contributed by atoms with E-state index in [2.05, 4.69) is 21.2 Å². The predicted molar refractivity (Wildman–Crippen MR) is 107 cm³/mol. The first kappa shape index (κ1) is 20.1. The molecule has 0 saturated carbocycles. The number of rotatable bonds is 4. The lowest BCUT2D eigenvalue weighted by Gasteiger charge is -2.29. The molecular weight excluding hydrogens is 450 g/mol. The number of halogens is 2. The second kappa shape index (κ2) is 7.77. The molecule has 0 spiro atoms. The molecule has 1 saturated heterocycles. The molecule has 1 aliphatic rings. The summed E-state index contributed by atoms with van der Waals surface area (Å²) in [4.78, 5) is 37.1. The molecule has 6 nitrogen and oxygen atoms in total. The summed E-state index contributed by atoms with van der Waals surface area (Å²) in [6.45, 7) is 2.92. The molecular formula is C20H15BrClNO5. The van der Waals surface area contributed by atoms with Crippen molar-refractivity contribution < 1.29 is 23.9 Å². The fourth-order valence-electron chi connectivity index (χ4n) is 2.55. The third-order valence-electron chi connectivity index (χ3n) is 3.83. The van der Waals surface area contributed by atoms with Gasteiger partial charge in [-0.05, 0) is 30.3 Å². The maximum absolute atomic E-state index is 13.0. The first-order valence-electron chi connectivity index (χ1n) is 8.20. The van der Waals surface area contributed by atoms with Crippen LogP contribution in [0.5, 0.6) is 0 Å². The van der Waals surface area contributed by atoms with Gasteiger partial charge in [0.15, 0.2) is 11.4 Å². The molecule has 8 heteroatoms. The van der Waals surface area contributed by atoms with Gasteiger partial charge in [0.25, 0.3) is 5.79 Å². The summed E-state index contributed by atoms with van der Waals surface area (Å²) in [6, 6.07) is 11.6. The van der Waals surface area contributed by atoms with Crippen molar-refractivity contribution in [3.63, 3.8) is 0 Å². The molecule has 1 fully saturated rings. The number of hydrogen-bond acceptors (Lipinski definition) is 6. The molecule has 28 heavy (non-hydrogen) atoms. The molecule has 1 N–H and O–H groups in total. The summed E-state index contributed by atoms with van der Waals surface area (Å²) >= 11 is 9.48. The number of carbonyl (C=O) groups excluding carboxylic acids is 3. The van der Waals surface area contributed by atoms with Gasteiger partial charge in [0.1, 0.15) is 0 Å². The second-order valence-corrected chi connectivity index (χ2v) is 7.70. The van der Waals surface area contributed by atoms with Crippen LogP contribution in [-0.4, -0.2) is 23.5 Å². The quantitative estimate of drug-likeness (QED) is 0.311. The van der Waals surface area contributed by atoms with Gasteiger partial charge >= 0.3 is 11.9 Å². The molecule has 0 unspecified atom stereocenters. The van der Waals surface area contributed by atoms with Crippen LogP contribution in [0.4, 0.5) is 5.69 Å². The summed E-state index contributed by atoms with van der Waals surface area (Å²) < 4.78 is 10.8. The minimum Gasteiger partial charge on any atom is -0.419 e. The van der Waals surface area contributed by atoms with Crippen molar-refractivity contribution in [3.8, 4) is 0 Å². The topological polar surface area (TPSA) is 81.7 Å². The van der Waals surface area contributed by atoms with E-state index in [0.29, 0.717) is 26.3 Å². The van der Waals surface area contributed by atoms with Crippen LogP contribution in [0.1, 0.15) is 29.8 Å². The molecule has 1 heterocycles. The van der Waals surface area contributed by atoms with Gasteiger partial charge in [-0.25, -0.2) is 9.59 Å². The van der Waals surface area contributed by atoms with Crippen LogP contribution in [0, 0.1) is 0 Å². The Morgan fingerprint density at radius 3 is 2.36 bits per heavy atom. The average Bonchev–Trinajstić information content (AvgIpc) is 2.61. The zero-order valence-electron chi connectivity index (χ0n) is 14.9. The van der Waals surface area contributed by atoms with E-state index in [1.165, 1.54) is 13.8 Å². The molecule has 0 bridgehead atoms. The zero-order chi connectivity index (χ0) is 20.5. The molecule has 0 amide bonds. The van der Waals surface area contributed by atoms with Crippen LogP contribution in [-0.2, 0) is 19.1 Å².